The quantitative estimate of drug-likeness (QED) is 0.667. The molecule has 0 aliphatic heterocycles. The molecule has 0 rings (SSSR count). The molecule has 1 N–H and O–H groups in total. The summed E-state index contributed by atoms with van der Waals surface area (Å²) < 4.78 is 0. The van der Waals surface area contributed by atoms with E-state index in [1.807, 2.05) is 0 Å². The van der Waals surface area contributed by atoms with E-state index < -0.39 is 0 Å². The van der Waals surface area contributed by atoms with Crippen molar-refractivity contribution >= 4 is 0 Å². The fraction of sp³-hybridized carbons (Fsp3) is 1.00. The van der Waals surface area contributed by atoms with Gasteiger partial charge in [0.25, 0.3) is 0 Å². The Morgan fingerprint density at radius 2 is 1.76 bits per heavy atom. The molecule has 1 atom stereocenters. The van der Waals surface area contributed by atoms with E-state index in [9.17, 15) is 0 Å². The summed E-state index contributed by atoms with van der Waals surface area (Å²) in [6.45, 7) is 17.0. The van der Waals surface area contributed by atoms with Crippen LogP contribution in [0.2, 0.25) is 0 Å². The van der Waals surface area contributed by atoms with Crippen molar-refractivity contribution in [1.82, 2.24) is 15.1 Å². The van der Waals surface area contributed by atoms with E-state index in [-0.39, 0.29) is 0 Å². The van der Waals surface area contributed by atoms with Crippen LogP contribution in [0.5, 0.6) is 0 Å². The summed E-state index contributed by atoms with van der Waals surface area (Å²) in [6, 6.07) is 0.621. The van der Waals surface area contributed by atoms with E-state index in [0.29, 0.717) is 11.5 Å². The summed E-state index contributed by atoms with van der Waals surface area (Å²) in [5.74, 6) is 0. The van der Waals surface area contributed by atoms with Gasteiger partial charge >= 0.3 is 0 Å². The molecule has 0 fully saturated rings. The summed E-state index contributed by atoms with van der Waals surface area (Å²) in [5.41, 5.74) is 0.340. The number of nitrogens with one attached hydrogen (secondary N) is 1. The van der Waals surface area contributed by atoms with Gasteiger partial charge in [0, 0.05) is 25.7 Å². The van der Waals surface area contributed by atoms with Gasteiger partial charge in [-0.25, -0.2) is 0 Å². The Hall–Kier alpha value is -0.120. The number of nitrogens with zero attached hydrogens (tertiary/aromatic N) is 2. The van der Waals surface area contributed by atoms with Gasteiger partial charge in [-0.3, -0.25) is 4.90 Å². The van der Waals surface area contributed by atoms with E-state index in [1.54, 1.807) is 0 Å². The SMILES string of the molecule is CCNCC(C)(C)CN(CC)C(C)CN(C)C. The average molecular weight is 243 g/mol. The van der Waals surface area contributed by atoms with E-state index in [0.717, 1.165) is 32.7 Å². The summed E-state index contributed by atoms with van der Waals surface area (Å²) in [7, 11) is 4.29. The van der Waals surface area contributed by atoms with Crippen LogP contribution in [0.4, 0.5) is 0 Å². The molecule has 0 aromatic rings. The van der Waals surface area contributed by atoms with E-state index in [4.69, 9.17) is 0 Å². The van der Waals surface area contributed by atoms with Crippen molar-refractivity contribution in [3.63, 3.8) is 0 Å². The first-order chi connectivity index (χ1) is 7.82. The van der Waals surface area contributed by atoms with Gasteiger partial charge in [-0.15, -0.1) is 0 Å². The average Bonchev–Trinajstić information content (AvgIpc) is 2.22. The smallest absolute Gasteiger partial charge is 0.0194 e. The fourth-order valence-electron chi connectivity index (χ4n) is 2.29. The molecule has 0 heterocycles. The van der Waals surface area contributed by atoms with Crippen molar-refractivity contribution in [2.45, 2.75) is 40.7 Å². The summed E-state index contributed by atoms with van der Waals surface area (Å²) >= 11 is 0. The lowest BCUT2D eigenvalue weighted by Crippen LogP contribution is -2.47. The Kier molecular flexibility index (Phi) is 8.01. The highest BCUT2D eigenvalue weighted by Crippen LogP contribution is 2.17. The summed E-state index contributed by atoms with van der Waals surface area (Å²) in [6.07, 6.45) is 0. The molecular weight excluding hydrogens is 210 g/mol. The maximum Gasteiger partial charge on any atom is 0.0194 e. The predicted molar refractivity (Wildman–Crippen MR) is 77.6 cm³/mol. The zero-order chi connectivity index (χ0) is 13.5. The lowest BCUT2D eigenvalue weighted by atomic mass is 9.92. The number of hydrogen-bond donors (Lipinski definition) is 1. The molecule has 0 spiro atoms. The van der Waals surface area contributed by atoms with Crippen molar-refractivity contribution < 1.29 is 0 Å². The molecule has 0 aliphatic rings. The molecule has 0 aliphatic carbocycles. The third-order valence-corrected chi connectivity index (χ3v) is 3.14. The largest absolute Gasteiger partial charge is 0.316 e. The van der Waals surface area contributed by atoms with Crippen LogP contribution in [0, 0.1) is 5.41 Å². The Morgan fingerprint density at radius 1 is 1.18 bits per heavy atom. The van der Waals surface area contributed by atoms with Crippen molar-refractivity contribution in [3.05, 3.63) is 0 Å². The summed E-state index contributed by atoms with van der Waals surface area (Å²) in [5, 5.41) is 3.46. The molecule has 3 nitrogen and oxygen atoms in total. The fourth-order valence-corrected chi connectivity index (χ4v) is 2.29. The lowest BCUT2D eigenvalue weighted by molar-refractivity contribution is 0.123. The second-order valence-electron chi connectivity index (χ2n) is 6.12. The van der Waals surface area contributed by atoms with Gasteiger partial charge in [0.05, 0.1) is 0 Å². The van der Waals surface area contributed by atoms with Crippen molar-refractivity contribution in [2.75, 3.05) is 46.8 Å². The minimum Gasteiger partial charge on any atom is -0.316 e. The Bertz CT molecular complexity index is 190. The van der Waals surface area contributed by atoms with Crippen LogP contribution in [-0.4, -0.2) is 62.7 Å². The van der Waals surface area contributed by atoms with Crippen molar-refractivity contribution in [3.8, 4) is 0 Å². The van der Waals surface area contributed by atoms with Gasteiger partial charge in [0.1, 0.15) is 0 Å². The second-order valence-corrected chi connectivity index (χ2v) is 6.12. The second kappa shape index (κ2) is 8.06. The highest BCUT2D eigenvalue weighted by Gasteiger charge is 2.23. The van der Waals surface area contributed by atoms with Crippen LogP contribution in [0.1, 0.15) is 34.6 Å². The normalized spacial score (nSPS) is 14.6. The van der Waals surface area contributed by atoms with E-state index in [2.05, 4.69) is 63.8 Å². The first kappa shape index (κ1) is 16.9. The lowest BCUT2D eigenvalue weighted by Gasteiger charge is -2.37. The maximum absolute atomic E-state index is 3.46. The standard InChI is InChI=1S/C14H33N3/c1-8-15-11-14(4,5)12-17(9-2)13(3)10-16(6)7/h13,15H,8-12H2,1-7H3. The molecule has 3 heteroatoms. The van der Waals surface area contributed by atoms with Gasteiger partial charge in [-0.1, -0.05) is 27.7 Å². The highest BCUT2D eigenvalue weighted by atomic mass is 15.2. The molecule has 17 heavy (non-hydrogen) atoms. The van der Waals surface area contributed by atoms with Gasteiger partial charge in [0.15, 0.2) is 0 Å². The Labute approximate surface area is 109 Å². The van der Waals surface area contributed by atoms with E-state index in [1.165, 1.54) is 0 Å². The van der Waals surface area contributed by atoms with Crippen molar-refractivity contribution in [2.24, 2.45) is 5.41 Å². The van der Waals surface area contributed by atoms with Gasteiger partial charge in [-0.2, -0.15) is 0 Å². The molecule has 0 aromatic heterocycles. The zero-order valence-electron chi connectivity index (χ0n) is 13.0. The number of hydrogen-bond acceptors (Lipinski definition) is 3. The minimum atomic E-state index is 0.340. The third kappa shape index (κ3) is 7.74. The topological polar surface area (TPSA) is 18.5 Å². The van der Waals surface area contributed by atoms with Crippen LogP contribution in [0.15, 0.2) is 0 Å². The molecule has 0 aromatic carbocycles. The molecule has 1 unspecified atom stereocenters. The van der Waals surface area contributed by atoms with Crippen LogP contribution in [-0.2, 0) is 0 Å². The van der Waals surface area contributed by atoms with Crippen LogP contribution in [0.25, 0.3) is 0 Å². The first-order valence-corrected chi connectivity index (χ1v) is 6.92. The molecule has 104 valence electrons. The molecule has 0 amide bonds. The van der Waals surface area contributed by atoms with E-state index >= 15 is 0 Å². The third-order valence-electron chi connectivity index (χ3n) is 3.14. The minimum absolute atomic E-state index is 0.340. The molecular formula is C14H33N3. The van der Waals surface area contributed by atoms with Gasteiger partial charge in [-0.05, 0) is 39.5 Å². The first-order valence-electron chi connectivity index (χ1n) is 6.92. The van der Waals surface area contributed by atoms with Crippen LogP contribution >= 0.6 is 0 Å². The maximum atomic E-state index is 3.46. The molecule has 0 radical (unpaired) electrons. The molecule has 0 saturated carbocycles. The Morgan fingerprint density at radius 3 is 2.18 bits per heavy atom. The number of likely N-dealkylation sites (N-methyl/N-ethyl adjacent to an activating group) is 2. The molecule has 0 saturated heterocycles. The predicted octanol–water partition coefficient (Wildman–Crippen LogP) is 1.89. The monoisotopic (exact) mass is 243 g/mol. The zero-order valence-corrected chi connectivity index (χ0v) is 13.0. The number of rotatable bonds is 9. The Balaban J connectivity index is 4.27. The molecule has 0 bridgehead atoms. The van der Waals surface area contributed by atoms with Gasteiger partial charge < -0.3 is 10.2 Å². The highest BCUT2D eigenvalue weighted by molar-refractivity contribution is 4.79. The van der Waals surface area contributed by atoms with Crippen LogP contribution < -0.4 is 5.32 Å². The van der Waals surface area contributed by atoms with Gasteiger partial charge in [0.2, 0.25) is 0 Å². The summed E-state index contributed by atoms with van der Waals surface area (Å²) in [4.78, 5) is 4.85. The van der Waals surface area contributed by atoms with Crippen LogP contribution in [0.3, 0.4) is 0 Å². The van der Waals surface area contributed by atoms with Crippen molar-refractivity contribution in [1.29, 1.82) is 0 Å².